The van der Waals surface area contributed by atoms with Gasteiger partial charge in [-0.3, -0.25) is 4.98 Å². The fourth-order valence-electron chi connectivity index (χ4n) is 3.17. The standard InChI is InChI=1S/C16H20N2O/c1-2-19-16-8-15(10-18-11-16)13-4-3-12-5-6-17-9-14(12)7-13/h2,7-8,10-12,14,17H,1,3-6,9H2/t12-,14+/m1/s1. The van der Waals surface area contributed by atoms with Crippen molar-refractivity contribution in [1.29, 1.82) is 0 Å². The molecule has 0 bridgehead atoms. The molecule has 1 N–H and O–H groups in total. The molecular formula is C16H20N2O. The number of hydrogen-bond donors (Lipinski definition) is 1. The summed E-state index contributed by atoms with van der Waals surface area (Å²) < 4.78 is 5.31. The second-order valence-corrected chi connectivity index (χ2v) is 5.34. The van der Waals surface area contributed by atoms with Crippen molar-refractivity contribution in [1.82, 2.24) is 10.3 Å². The summed E-state index contributed by atoms with van der Waals surface area (Å²) in [4.78, 5) is 4.25. The molecular weight excluding hydrogens is 236 g/mol. The van der Waals surface area contributed by atoms with E-state index in [1.165, 1.54) is 36.8 Å². The molecule has 0 aromatic carbocycles. The van der Waals surface area contributed by atoms with Crippen molar-refractivity contribution in [3.8, 4) is 5.75 Å². The first-order valence-corrected chi connectivity index (χ1v) is 7.01. The van der Waals surface area contributed by atoms with Gasteiger partial charge in [-0.15, -0.1) is 0 Å². The largest absolute Gasteiger partial charge is 0.464 e. The molecule has 3 nitrogen and oxygen atoms in total. The Morgan fingerprint density at radius 1 is 1.37 bits per heavy atom. The van der Waals surface area contributed by atoms with Gasteiger partial charge in [-0.1, -0.05) is 12.7 Å². The molecule has 0 amide bonds. The highest BCUT2D eigenvalue weighted by Crippen LogP contribution is 2.37. The number of hydrogen-bond acceptors (Lipinski definition) is 3. The van der Waals surface area contributed by atoms with Gasteiger partial charge in [0.1, 0.15) is 5.75 Å². The van der Waals surface area contributed by atoms with E-state index in [4.69, 9.17) is 4.74 Å². The van der Waals surface area contributed by atoms with Gasteiger partial charge in [0.25, 0.3) is 0 Å². The van der Waals surface area contributed by atoms with Crippen molar-refractivity contribution >= 4 is 5.57 Å². The average molecular weight is 256 g/mol. The molecule has 2 atom stereocenters. The maximum atomic E-state index is 5.31. The maximum Gasteiger partial charge on any atom is 0.145 e. The van der Waals surface area contributed by atoms with Gasteiger partial charge in [-0.05, 0) is 54.8 Å². The molecule has 1 fully saturated rings. The van der Waals surface area contributed by atoms with Crippen LogP contribution in [0.15, 0.2) is 37.4 Å². The van der Waals surface area contributed by atoms with Crippen LogP contribution in [0.2, 0.25) is 0 Å². The molecule has 3 heteroatoms. The van der Waals surface area contributed by atoms with Crippen molar-refractivity contribution in [3.05, 3.63) is 42.9 Å². The molecule has 1 saturated heterocycles. The second kappa shape index (κ2) is 5.57. The van der Waals surface area contributed by atoms with E-state index < -0.39 is 0 Å². The van der Waals surface area contributed by atoms with Crippen LogP contribution in [0, 0.1) is 11.8 Å². The lowest BCUT2D eigenvalue weighted by Gasteiger charge is -2.34. The minimum absolute atomic E-state index is 0.682. The van der Waals surface area contributed by atoms with Crippen molar-refractivity contribution in [3.63, 3.8) is 0 Å². The van der Waals surface area contributed by atoms with Crippen LogP contribution in [0.3, 0.4) is 0 Å². The Morgan fingerprint density at radius 3 is 3.21 bits per heavy atom. The SMILES string of the molecule is C=COc1cncc(C2=C[C@H]3CNCC[C@H]3CC2)c1. The topological polar surface area (TPSA) is 34.1 Å². The van der Waals surface area contributed by atoms with Gasteiger partial charge in [0, 0.05) is 12.7 Å². The van der Waals surface area contributed by atoms with Gasteiger partial charge in [0.05, 0.1) is 12.5 Å². The van der Waals surface area contributed by atoms with Crippen LogP contribution in [0.4, 0.5) is 0 Å². The molecule has 0 unspecified atom stereocenters. The molecule has 0 radical (unpaired) electrons. The van der Waals surface area contributed by atoms with Crippen molar-refractivity contribution in [2.75, 3.05) is 13.1 Å². The zero-order valence-corrected chi connectivity index (χ0v) is 11.1. The lowest BCUT2D eigenvalue weighted by atomic mass is 9.76. The maximum absolute atomic E-state index is 5.31. The molecule has 1 aromatic heterocycles. The average Bonchev–Trinajstić information content (AvgIpc) is 2.47. The third-order valence-electron chi connectivity index (χ3n) is 4.18. The van der Waals surface area contributed by atoms with Crippen LogP contribution in [0.1, 0.15) is 24.8 Å². The number of piperidine rings is 1. The Balaban J connectivity index is 1.83. The summed E-state index contributed by atoms with van der Waals surface area (Å²) in [5.74, 6) is 2.31. The number of nitrogens with one attached hydrogen (secondary N) is 1. The highest BCUT2D eigenvalue weighted by molar-refractivity contribution is 5.67. The lowest BCUT2D eigenvalue weighted by Crippen LogP contribution is -2.37. The minimum atomic E-state index is 0.682. The second-order valence-electron chi connectivity index (χ2n) is 5.34. The van der Waals surface area contributed by atoms with Gasteiger partial charge in [0.15, 0.2) is 0 Å². The zero-order chi connectivity index (χ0) is 13.1. The Bertz CT molecular complexity index is 495. The van der Waals surface area contributed by atoms with Crippen LogP contribution in [-0.4, -0.2) is 18.1 Å². The first kappa shape index (κ1) is 12.4. The van der Waals surface area contributed by atoms with Crippen molar-refractivity contribution in [2.45, 2.75) is 19.3 Å². The predicted molar refractivity (Wildman–Crippen MR) is 76.7 cm³/mol. The number of ether oxygens (including phenoxy) is 1. The summed E-state index contributed by atoms with van der Waals surface area (Å²) in [6, 6.07) is 2.05. The first-order chi connectivity index (χ1) is 9.36. The lowest BCUT2D eigenvalue weighted by molar-refractivity contribution is 0.279. The fourth-order valence-corrected chi connectivity index (χ4v) is 3.17. The smallest absolute Gasteiger partial charge is 0.145 e. The first-order valence-electron chi connectivity index (χ1n) is 7.01. The molecule has 2 aliphatic rings. The third kappa shape index (κ3) is 2.71. The Hall–Kier alpha value is -1.61. The summed E-state index contributed by atoms with van der Waals surface area (Å²) in [6.45, 7) is 5.87. The molecule has 3 rings (SSSR count). The number of pyridine rings is 1. The molecule has 0 spiro atoms. The highest BCUT2D eigenvalue weighted by atomic mass is 16.5. The molecule has 1 aliphatic carbocycles. The van der Waals surface area contributed by atoms with E-state index in [1.807, 2.05) is 6.20 Å². The van der Waals surface area contributed by atoms with Gasteiger partial charge >= 0.3 is 0 Å². The summed E-state index contributed by atoms with van der Waals surface area (Å²) in [6.07, 6.45) is 11.3. The molecule has 1 aromatic rings. The summed E-state index contributed by atoms with van der Waals surface area (Å²) >= 11 is 0. The number of aromatic nitrogens is 1. The number of rotatable bonds is 3. The Labute approximate surface area is 114 Å². The monoisotopic (exact) mass is 256 g/mol. The van der Waals surface area contributed by atoms with E-state index in [9.17, 15) is 0 Å². The van der Waals surface area contributed by atoms with E-state index in [0.717, 1.165) is 24.6 Å². The summed E-state index contributed by atoms with van der Waals surface area (Å²) in [5, 5.41) is 3.49. The Kier molecular flexibility index (Phi) is 3.65. The van der Waals surface area contributed by atoms with Gasteiger partial charge in [-0.2, -0.15) is 0 Å². The molecule has 19 heavy (non-hydrogen) atoms. The van der Waals surface area contributed by atoms with E-state index in [1.54, 1.807) is 6.20 Å². The van der Waals surface area contributed by atoms with E-state index in [0.29, 0.717) is 5.92 Å². The van der Waals surface area contributed by atoms with Crippen LogP contribution in [0.5, 0.6) is 5.75 Å². The number of allylic oxidation sites excluding steroid dienone is 1. The van der Waals surface area contributed by atoms with Crippen LogP contribution >= 0.6 is 0 Å². The zero-order valence-electron chi connectivity index (χ0n) is 11.1. The highest BCUT2D eigenvalue weighted by Gasteiger charge is 2.27. The van der Waals surface area contributed by atoms with Gasteiger partial charge < -0.3 is 10.1 Å². The molecule has 2 heterocycles. The van der Waals surface area contributed by atoms with Gasteiger partial charge in [-0.25, -0.2) is 0 Å². The Morgan fingerprint density at radius 2 is 2.32 bits per heavy atom. The molecule has 1 aliphatic heterocycles. The van der Waals surface area contributed by atoms with Gasteiger partial charge in [0.2, 0.25) is 0 Å². The van der Waals surface area contributed by atoms with Crippen LogP contribution in [0.25, 0.3) is 5.57 Å². The van der Waals surface area contributed by atoms with Crippen molar-refractivity contribution < 1.29 is 4.74 Å². The van der Waals surface area contributed by atoms with Crippen LogP contribution in [-0.2, 0) is 0 Å². The number of fused-ring (bicyclic) bond motifs is 1. The van der Waals surface area contributed by atoms with E-state index in [2.05, 4.69) is 29.0 Å². The van der Waals surface area contributed by atoms with Crippen LogP contribution < -0.4 is 10.1 Å². The summed E-state index contributed by atoms with van der Waals surface area (Å²) in [5.41, 5.74) is 2.59. The summed E-state index contributed by atoms with van der Waals surface area (Å²) in [7, 11) is 0. The van der Waals surface area contributed by atoms with E-state index in [-0.39, 0.29) is 0 Å². The molecule has 100 valence electrons. The quantitative estimate of drug-likeness (QED) is 0.844. The van der Waals surface area contributed by atoms with Crippen molar-refractivity contribution in [2.24, 2.45) is 11.8 Å². The minimum Gasteiger partial charge on any atom is -0.464 e. The van der Waals surface area contributed by atoms with E-state index >= 15 is 0 Å². The molecule has 0 saturated carbocycles. The number of nitrogens with zero attached hydrogens (tertiary/aromatic N) is 1. The fraction of sp³-hybridized carbons (Fsp3) is 0.438. The predicted octanol–water partition coefficient (Wildman–Crippen LogP) is 3.01. The normalized spacial score (nSPS) is 26.2. The third-order valence-corrected chi connectivity index (χ3v) is 4.18.